The number of anilines is 1. The zero-order chi connectivity index (χ0) is 15.2. The van der Waals surface area contributed by atoms with E-state index < -0.39 is 5.97 Å². The molecule has 1 heterocycles. The van der Waals surface area contributed by atoms with E-state index >= 15 is 0 Å². The van der Waals surface area contributed by atoms with Crippen molar-refractivity contribution in [2.24, 2.45) is 5.92 Å². The highest BCUT2D eigenvalue weighted by molar-refractivity contribution is 5.94. The molecule has 1 aromatic rings. The number of ether oxygens (including phenoxy) is 1. The summed E-state index contributed by atoms with van der Waals surface area (Å²) in [4.78, 5) is 23.0. The van der Waals surface area contributed by atoms with Crippen LogP contribution in [0.1, 0.15) is 41.6 Å². The van der Waals surface area contributed by atoms with Crippen molar-refractivity contribution in [2.45, 2.75) is 32.6 Å². The van der Waals surface area contributed by atoms with Gasteiger partial charge in [0.05, 0.1) is 5.56 Å². The van der Waals surface area contributed by atoms with E-state index in [0.29, 0.717) is 23.6 Å². The first-order valence-electron chi connectivity index (χ1n) is 7.28. The number of hydrogen-bond donors (Lipinski definition) is 2. The summed E-state index contributed by atoms with van der Waals surface area (Å²) in [5, 5.41) is 11.8. The van der Waals surface area contributed by atoms with E-state index in [9.17, 15) is 9.59 Å². The Balaban J connectivity index is 1.87. The summed E-state index contributed by atoms with van der Waals surface area (Å²) >= 11 is 0. The molecular formula is C16H21NO4. The van der Waals surface area contributed by atoms with Crippen molar-refractivity contribution in [2.75, 3.05) is 18.5 Å². The molecule has 2 N–H and O–H groups in total. The van der Waals surface area contributed by atoms with Crippen molar-refractivity contribution in [3.8, 4) is 0 Å². The molecule has 114 valence electrons. The van der Waals surface area contributed by atoms with E-state index in [1.165, 1.54) is 6.07 Å². The number of aryl methyl sites for hydroxylation is 1. The van der Waals surface area contributed by atoms with Gasteiger partial charge in [-0.1, -0.05) is 6.07 Å². The number of rotatable bonds is 5. The lowest BCUT2D eigenvalue weighted by Gasteiger charge is -2.21. The van der Waals surface area contributed by atoms with E-state index in [1.54, 1.807) is 19.1 Å². The normalized spacial score (nSPS) is 15.7. The number of amides is 1. The monoisotopic (exact) mass is 291 g/mol. The van der Waals surface area contributed by atoms with E-state index in [-0.39, 0.29) is 11.5 Å². The SMILES string of the molecule is Cc1ccc(NC(=O)CCC2CCOCC2)cc1C(=O)O. The van der Waals surface area contributed by atoms with Crippen molar-refractivity contribution < 1.29 is 19.4 Å². The maximum absolute atomic E-state index is 11.9. The third kappa shape index (κ3) is 4.56. The molecule has 0 aliphatic carbocycles. The number of carboxylic acid groups (broad SMARTS) is 1. The first kappa shape index (κ1) is 15.5. The van der Waals surface area contributed by atoms with Crippen LogP contribution in [-0.4, -0.2) is 30.2 Å². The molecule has 0 radical (unpaired) electrons. The first-order chi connectivity index (χ1) is 10.1. The summed E-state index contributed by atoms with van der Waals surface area (Å²) in [6.07, 6.45) is 3.34. The molecule has 0 saturated carbocycles. The highest BCUT2D eigenvalue weighted by Crippen LogP contribution is 2.21. The third-order valence-corrected chi connectivity index (χ3v) is 3.87. The molecule has 1 fully saturated rings. The van der Waals surface area contributed by atoms with Gasteiger partial charge in [-0.2, -0.15) is 0 Å². The zero-order valence-corrected chi connectivity index (χ0v) is 12.2. The fraction of sp³-hybridized carbons (Fsp3) is 0.500. The Hall–Kier alpha value is -1.88. The summed E-state index contributed by atoms with van der Waals surface area (Å²) < 4.78 is 5.29. The number of carbonyl (C=O) groups excluding carboxylic acids is 1. The van der Waals surface area contributed by atoms with Gasteiger partial charge in [-0.15, -0.1) is 0 Å². The second-order valence-electron chi connectivity index (χ2n) is 5.48. The third-order valence-electron chi connectivity index (χ3n) is 3.87. The minimum absolute atomic E-state index is 0.0679. The van der Waals surface area contributed by atoms with E-state index in [4.69, 9.17) is 9.84 Å². The number of carboxylic acids is 1. The van der Waals surface area contributed by atoms with Crippen LogP contribution in [0.5, 0.6) is 0 Å². The van der Waals surface area contributed by atoms with Gasteiger partial charge < -0.3 is 15.2 Å². The lowest BCUT2D eigenvalue weighted by Crippen LogP contribution is -2.19. The molecule has 0 atom stereocenters. The number of aromatic carboxylic acids is 1. The Bertz CT molecular complexity index is 521. The van der Waals surface area contributed by atoms with Crippen LogP contribution in [0.25, 0.3) is 0 Å². The van der Waals surface area contributed by atoms with Gasteiger partial charge in [0.25, 0.3) is 0 Å². The van der Waals surface area contributed by atoms with Gasteiger partial charge in [-0.05, 0) is 49.8 Å². The van der Waals surface area contributed by atoms with Crippen molar-refractivity contribution in [1.29, 1.82) is 0 Å². The average Bonchev–Trinajstić information content (AvgIpc) is 2.48. The Labute approximate surface area is 124 Å². The molecule has 1 saturated heterocycles. The van der Waals surface area contributed by atoms with Crippen LogP contribution in [0.3, 0.4) is 0 Å². The minimum Gasteiger partial charge on any atom is -0.478 e. The molecule has 0 unspecified atom stereocenters. The van der Waals surface area contributed by atoms with Gasteiger partial charge in [0.15, 0.2) is 0 Å². The topological polar surface area (TPSA) is 75.6 Å². The smallest absolute Gasteiger partial charge is 0.336 e. The van der Waals surface area contributed by atoms with Crippen LogP contribution in [0.15, 0.2) is 18.2 Å². The Morgan fingerprint density at radius 2 is 2.05 bits per heavy atom. The Morgan fingerprint density at radius 1 is 1.33 bits per heavy atom. The van der Waals surface area contributed by atoms with Gasteiger partial charge in [0, 0.05) is 25.3 Å². The van der Waals surface area contributed by atoms with E-state index in [1.807, 2.05) is 0 Å². The maximum atomic E-state index is 11.9. The lowest BCUT2D eigenvalue weighted by atomic mass is 9.95. The Kier molecular flexibility index (Phi) is 5.33. The quantitative estimate of drug-likeness (QED) is 0.874. The molecule has 21 heavy (non-hydrogen) atoms. The predicted molar refractivity (Wildman–Crippen MR) is 79.5 cm³/mol. The van der Waals surface area contributed by atoms with Crippen molar-refractivity contribution in [1.82, 2.24) is 0 Å². The molecule has 1 aliphatic rings. The number of benzene rings is 1. The molecule has 0 aromatic heterocycles. The van der Waals surface area contributed by atoms with Crippen LogP contribution >= 0.6 is 0 Å². The van der Waals surface area contributed by atoms with Crippen molar-refractivity contribution in [3.63, 3.8) is 0 Å². The van der Waals surface area contributed by atoms with Crippen LogP contribution in [0, 0.1) is 12.8 Å². The summed E-state index contributed by atoms with van der Waals surface area (Å²) in [5.41, 5.74) is 1.44. The van der Waals surface area contributed by atoms with Crippen molar-refractivity contribution in [3.05, 3.63) is 29.3 Å². The first-order valence-corrected chi connectivity index (χ1v) is 7.28. The standard InChI is InChI=1S/C16H21NO4/c1-11-2-4-13(10-14(11)16(19)20)17-15(18)5-3-12-6-8-21-9-7-12/h2,4,10,12H,3,5-9H2,1H3,(H,17,18)(H,19,20). The molecule has 1 amide bonds. The fourth-order valence-corrected chi connectivity index (χ4v) is 2.52. The lowest BCUT2D eigenvalue weighted by molar-refractivity contribution is -0.116. The van der Waals surface area contributed by atoms with Gasteiger partial charge >= 0.3 is 5.97 Å². The summed E-state index contributed by atoms with van der Waals surface area (Å²) in [7, 11) is 0. The highest BCUT2D eigenvalue weighted by Gasteiger charge is 2.15. The van der Waals surface area contributed by atoms with Gasteiger partial charge in [-0.3, -0.25) is 4.79 Å². The summed E-state index contributed by atoms with van der Waals surface area (Å²) in [6, 6.07) is 4.94. The maximum Gasteiger partial charge on any atom is 0.336 e. The summed E-state index contributed by atoms with van der Waals surface area (Å²) in [5.74, 6) is -0.496. The molecular weight excluding hydrogens is 270 g/mol. The number of hydrogen-bond acceptors (Lipinski definition) is 3. The minimum atomic E-state index is -0.981. The molecule has 1 aromatic carbocycles. The largest absolute Gasteiger partial charge is 0.478 e. The molecule has 2 rings (SSSR count). The molecule has 5 nitrogen and oxygen atoms in total. The predicted octanol–water partition coefficient (Wildman–Crippen LogP) is 2.84. The number of carbonyl (C=O) groups is 2. The van der Waals surface area contributed by atoms with Gasteiger partial charge in [0.1, 0.15) is 0 Å². The molecule has 0 spiro atoms. The fourth-order valence-electron chi connectivity index (χ4n) is 2.52. The van der Waals surface area contributed by atoms with E-state index in [2.05, 4.69) is 5.32 Å². The molecule has 0 bridgehead atoms. The Morgan fingerprint density at radius 3 is 2.71 bits per heavy atom. The van der Waals surface area contributed by atoms with Crippen LogP contribution in [0.2, 0.25) is 0 Å². The summed E-state index contributed by atoms with van der Waals surface area (Å²) in [6.45, 7) is 3.30. The number of nitrogens with one attached hydrogen (secondary N) is 1. The van der Waals surface area contributed by atoms with Crippen LogP contribution in [0.4, 0.5) is 5.69 Å². The average molecular weight is 291 g/mol. The second kappa shape index (κ2) is 7.22. The van der Waals surface area contributed by atoms with Gasteiger partial charge in [0.2, 0.25) is 5.91 Å². The molecule has 1 aliphatic heterocycles. The van der Waals surface area contributed by atoms with Gasteiger partial charge in [-0.25, -0.2) is 4.79 Å². The van der Waals surface area contributed by atoms with Crippen LogP contribution < -0.4 is 5.32 Å². The highest BCUT2D eigenvalue weighted by atomic mass is 16.5. The second-order valence-corrected chi connectivity index (χ2v) is 5.48. The zero-order valence-electron chi connectivity index (χ0n) is 12.2. The van der Waals surface area contributed by atoms with Crippen molar-refractivity contribution >= 4 is 17.6 Å². The molecule has 5 heteroatoms. The van der Waals surface area contributed by atoms with E-state index in [0.717, 1.165) is 32.5 Å². The van der Waals surface area contributed by atoms with Crippen LogP contribution in [-0.2, 0) is 9.53 Å².